The molecule has 0 aliphatic heterocycles. The van der Waals surface area contributed by atoms with E-state index in [9.17, 15) is 17.6 Å². The SMILES string of the molecule is COc1cc(F)c([C@H](N)c2ccc(OC(F)(F)F)cc2)cc1OC. The Labute approximate surface area is 135 Å². The molecule has 0 radical (unpaired) electrons. The van der Waals surface area contributed by atoms with Crippen LogP contribution < -0.4 is 19.9 Å². The maximum atomic E-state index is 14.2. The molecule has 24 heavy (non-hydrogen) atoms. The molecule has 0 saturated heterocycles. The Morgan fingerprint density at radius 2 is 1.50 bits per heavy atom. The van der Waals surface area contributed by atoms with E-state index in [0.29, 0.717) is 11.3 Å². The Hall–Kier alpha value is -2.48. The summed E-state index contributed by atoms with van der Waals surface area (Å²) >= 11 is 0. The molecule has 0 heterocycles. The van der Waals surface area contributed by atoms with Gasteiger partial charge in [0.05, 0.1) is 20.3 Å². The van der Waals surface area contributed by atoms with Gasteiger partial charge in [-0.05, 0) is 23.8 Å². The maximum absolute atomic E-state index is 14.2. The zero-order valence-electron chi connectivity index (χ0n) is 12.9. The van der Waals surface area contributed by atoms with E-state index in [0.717, 1.165) is 18.2 Å². The van der Waals surface area contributed by atoms with E-state index in [1.165, 1.54) is 32.4 Å². The molecule has 0 unspecified atom stereocenters. The van der Waals surface area contributed by atoms with Crippen LogP contribution >= 0.6 is 0 Å². The first-order valence-corrected chi connectivity index (χ1v) is 6.78. The van der Waals surface area contributed by atoms with Gasteiger partial charge in [-0.25, -0.2) is 4.39 Å². The number of rotatable bonds is 5. The van der Waals surface area contributed by atoms with Gasteiger partial charge in [0.1, 0.15) is 11.6 Å². The summed E-state index contributed by atoms with van der Waals surface area (Å²) in [6, 6.07) is 6.52. The Morgan fingerprint density at radius 3 is 2.00 bits per heavy atom. The highest BCUT2D eigenvalue weighted by Gasteiger charge is 2.31. The monoisotopic (exact) mass is 345 g/mol. The summed E-state index contributed by atoms with van der Waals surface area (Å²) in [7, 11) is 2.77. The maximum Gasteiger partial charge on any atom is 0.573 e. The lowest BCUT2D eigenvalue weighted by Crippen LogP contribution is -2.17. The number of nitrogens with two attached hydrogens (primary N) is 1. The molecule has 2 aromatic carbocycles. The van der Waals surface area contributed by atoms with E-state index < -0.39 is 18.2 Å². The molecule has 1 atom stereocenters. The first kappa shape index (κ1) is 17.9. The van der Waals surface area contributed by atoms with Crippen molar-refractivity contribution in [2.75, 3.05) is 14.2 Å². The summed E-state index contributed by atoms with van der Waals surface area (Å²) in [5, 5.41) is 0. The molecule has 0 aliphatic rings. The predicted octanol–water partition coefficient (Wildman–Crippen LogP) is 3.79. The minimum Gasteiger partial charge on any atom is -0.493 e. The minimum absolute atomic E-state index is 0.122. The third-order valence-electron chi connectivity index (χ3n) is 3.31. The first-order valence-electron chi connectivity index (χ1n) is 6.78. The molecule has 0 amide bonds. The highest BCUT2D eigenvalue weighted by atomic mass is 19.4. The normalized spacial score (nSPS) is 12.6. The first-order chi connectivity index (χ1) is 11.2. The molecule has 0 fully saturated rings. The standard InChI is InChI=1S/C16H15F4NO3/c1-22-13-7-11(12(17)8-14(13)23-2)15(21)9-3-5-10(6-4-9)24-16(18,19)20/h3-8,15H,21H2,1-2H3/t15-/m1/s1. The van der Waals surface area contributed by atoms with E-state index in [1.54, 1.807) is 0 Å². The zero-order chi connectivity index (χ0) is 17.9. The van der Waals surface area contributed by atoms with Crippen LogP contribution in [0.15, 0.2) is 36.4 Å². The van der Waals surface area contributed by atoms with Gasteiger partial charge in [0.15, 0.2) is 11.5 Å². The molecule has 8 heteroatoms. The van der Waals surface area contributed by atoms with E-state index in [-0.39, 0.29) is 17.1 Å². The van der Waals surface area contributed by atoms with Gasteiger partial charge in [0.25, 0.3) is 0 Å². The molecule has 0 spiro atoms. The predicted molar refractivity (Wildman–Crippen MR) is 78.7 cm³/mol. The molecule has 2 aromatic rings. The van der Waals surface area contributed by atoms with E-state index in [1.807, 2.05) is 0 Å². The Morgan fingerprint density at radius 1 is 0.958 bits per heavy atom. The van der Waals surface area contributed by atoms with Gasteiger partial charge in [-0.2, -0.15) is 0 Å². The second-order valence-electron chi connectivity index (χ2n) is 4.82. The van der Waals surface area contributed by atoms with Crippen LogP contribution in [0, 0.1) is 5.82 Å². The van der Waals surface area contributed by atoms with E-state index in [4.69, 9.17) is 15.2 Å². The molecule has 0 aromatic heterocycles. The van der Waals surface area contributed by atoms with Crippen molar-refractivity contribution in [1.29, 1.82) is 0 Å². The Bertz CT molecular complexity index is 702. The smallest absolute Gasteiger partial charge is 0.493 e. The molecule has 0 bridgehead atoms. The summed E-state index contributed by atoms with van der Waals surface area (Å²) in [6.07, 6.45) is -4.78. The highest BCUT2D eigenvalue weighted by molar-refractivity contribution is 5.47. The molecular formula is C16H15F4NO3. The summed E-state index contributed by atoms with van der Waals surface area (Å²) in [4.78, 5) is 0. The van der Waals surface area contributed by atoms with Crippen molar-refractivity contribution in [3.05, 3.63) is 53.3 Å². The van der Waals surface area contributed by atoms with Crippen molar-refractivity contribution in [2.45, 2.75) is 12.4 Å². The third-order valence-corrected chi connectivity index (χ3v) is 3.31. The van der Waals surface area contributed by atoms with Crippen LogP contribution in [-0.2, 0) is 0 Å². The molecule has 130 valence electrons. The van der Waals surface area contributed by atoms with Gasteiger partial charge >= 0.3 is 6.36 Å². The van der Waals surface area contributed by atoms with Crippen LogP contribution in [0.25, 0.3) is 0 Å². The van der Waals surface area contributed by atoms with E-state index in [2.05, 4.69) is 4.74 Å². The fourth-order valence-electron chi connectivity index (χ4n) is 2.16. The van der Waals surface area contributed by atoms with Crippen LogP contribution in [0.4, 0.5) is 17.6 Å². The lowest BCUT2D eigenvalue weighted by Gasteiger charge is -2.17. The van der Waals surface area contributed by atoms with Gasteiger partial charge in [0.2, 0.25) is 0 Å². The van der Waals surface area contributed by atoms with Crippen LogP contribution in [0.2, 0.25) is 0 Å². The molecule has 2 rings (SSSR count). The fraction of sp³-hybridized carbons (Fsp3) is 0.250. The number of methoxy groups -OCH3 is 2. The Kier molecular flexibility index (Phi) is 5.18. The van der Waals surface area contributed by atoms with Crippen LogP contribution in [0.1, 0.15) is 17.2 Å². The lowest BCUT2D eigenvalue weighted by atomic mass is 9.98. The third kappa shape index (κ3) is 4.08. The van der Waals surface area contributed by atoms with Crippen molar-refractivity contribution in [3.63, 3.8) is 0 Å². The largest absolute Gasteiger partial charge is 0.573 e. The highest BCUT2D eigenvalue weighted by Crippen LogP contribution is 2.34. The van der Waals surface area contributed by atoms with Gasteiger partial charge < -0.3 is 19.9 Å². The quantitative estimate of drug-likeness (QED) is 0.838. The van der Waals surface area contributed by atoms with Crippen LogP contribution in [0.5, 0.6) is 17.2 Å². The summed E-state index contributed by atoms with van der Waals surface area (Å²) < 4.78 is 64.5. The topological polar surface area (TPSA) is 53.7 Å². The average Bonchev–Trinajstić information content (AvgIpc) is 2.53. The number of hydrogen-bond acceptors (Lipinski definition) is 4. The van der Waals surface area contributed by atoms with E-state index >= 15 is 0 Å². The van der Waals surface area contributed by atoms with Crippen molar-refractivity contribution in [3.8, 4) is 17.2 Å². The number of halogens is 4. The van der Waals surface area contributed by atoms with Crippen molar-refractivity contribution in [1.82, 2.24) is 0 Å². The fourth-order valence-corrected chi connectivity index (χ4v) is 2.16. The second-order valence-corrected chi connectivity index (χ2v) is 4.82. The van der Waals surface area contributed by atoms with Gasteiger partial charge in [-0.1, -0.05) is 12.1 Å². The number of ether oxygens (including phenoxy) is 3. The second kappa shape index (κ2) is 6.96. The summed E-state index contributed by atoms with van der Waals surface area (Å²) in [5.74, 6) is -0.497. The number of hydrogen-bond donors (Lipinski definition) is 1. The van der Waals surface area contributed by atoms with Crippen LogP contribution in [-0.4, -0.2) is 20.6 Å². The lowest BCUT2D eigenvalue weighted by molar-refractivity contribution is -0.274. The minimum atomic E-state index is -4.78. The van der Waals surface area contributed by atoms with Crippen molar-refractivity contribution < 1.29 is 31.8 Å². The number of benzene rings is 2. The van der Waals surface area contributed by atoms with Crippen molar-refractivity contribution in [2.24, 2.45) is 5.73 Å². The van der Waals surface area contributed by atoms with Crippen LogP contribution in [0.3, 0.4) is 0 Å². The molecule has 0 aliphatic carbocycles. The summed E-state index contributed by atoms with van der Waals surface area (Å²) in [5.41, 5.74) is 6.55. The van der Waals surface area contributed by atoms with Gasteiger partial charge in [-0.15, -0.1) is 13.2 Å². The van der Waals surface area contributed by atoms with Gasteiger partial charge in [-0.3, -0.25) is 0 Å². The molecule has 4 nitrogen and oxygen atoms in total. The average molecular weight is 345 g/mol. The molecule has 2 N–H and O–H groups in total. The summed E-state index contributed by atoms with van der Waals surface area (Å²) in [6.45, 7) is 0. The molecular weight excluding hydrogens is 330 g/mol. The van der Waals surface area contributed by atoms with Crippen molar-refractivity contribution >= 4 is 0 Å². The van der Waals surface area contributed by atoms with Gasteiger partial charge in [0, 0.05) is 11.6 Å². The molecule has 0 saturated carbocycles. The Balaban J connectivity index is 2.30. The zero-order valence-corrected chi connectivity index (χ0v) is 12.9. The number of alkyl halides is 3.